The summed E-state index contributed by atoms with van der Waals surface area (Å²) in [7, 11) is 0. The lowest BCUT2D eigenvalue weighted by Crippen LogP contribution is -2.12. The number of anilines is 2. The normalized spacial score (nSPS) is 20.4. The molecule has 1 heterocycles. The molecule has 11 heavy (non-hydrogen) atoms. The predicted molar refractivity (Wildman–Crippen MR) is 51.5 cm³/mol. The lowest BCUT2D eigenvalue weighted by molar-refractivity contribution is 1.22. The van der Waals surface area contributed by atoms with Crippen LogP contribution in [0.4, 0.5) is 11.4 Å². The van der Waals surface area contributed by atoms with E-state index in [2.05, 4.69) is 23.3 Å². The summed E-state index contributed by atoms with van der Waals surface area (Å²) < 4.78 is 0. The van der Waals surface area contributed by atoms with E-state index in [1.165, 1.54) is 0 Å². The van der Waals surface area contributed by atoms with Crippen LogP contribution >= 0.6 is 24.2 Å². The quantitative estimate of drug-likeness (QED) is 0.542. The summed E-state index contributed by atoms with van der Waals surface area (Å²) in [6, 6.07) is 5.65. The number of fused-ring (bicyclic) bond motifs is 1. The second-order valence-corrected chi connectivity index (χ2v) is 3.33. The Hall–Kier alpha value is -0.540. The maximum Gasteiger partial charge on any atom is 0.143 e. The van der Waals surface area contributed by atoms with Crippen LogP contribution in [0.3, 0.4) is 0 Å². The van der Waals surface area contributed by atoms with E-state index in [9.17, 15) is 0 Å². The van der Waals surface area contributed by atoms with E-state index in [-0.39, 0.29) is 5.50 Å². The van der Waals surface area contributed by atoms with Gasteiger partial charge in [0, 0.05) is 5.02 Å². The van der Waals surface area contributed by atoms with Crippen LogP contribution in [0.25, 0.3) is 0 Å². The highest BCUT2D eigenvalue weighted by atomic mass is 35.5. The van der Waals surface area contributed by atoms with Crippen molar-refractivity contribution in [1.29, 1.82) is 0 Å². The molecule has 2 N–H and O–H groups in total. The average Bonchev–Trinajstić information content (AvgIpc) is 2.27. The SMILES string of the molecule is SC1Nc2ccc(Cl)cc2N1. The molecule has 4 heteroatoms. The van der Waals surface area contributed by atoms with Gasteiger partial charge in [-0.15, -0.1) is 12.6 Å². The summed E-state index contributed by atoms with van der Waals surface area (Å²) in [4.78, 5) is 0. The largest absolute Gasteiger partial charge is 0.355 e. The minimum atomic E-state index is 0.00321. The van der Waals surface area contributed by atoms with Crippen LogP contribution in [0.1, 0.15) is 0 Å². The first-order valence-corrected chi connectivity index (χ1v) is 4.16. The van der Waals surface area contributed by atoms with Crippen molar-refractivity contribution in [2.45, 2.75) is 5.50 Å². The van der Waals surface area contributed by atoms with Gasteiger partial charge < -0.3 is 10.6 Å². The molecule has 1 aliphatic rings. The fraction of sp³-hybridized carbons (Fsp3) is 0.143. The third-order valence-electron chi connectivity index (χ3n) is 1.57. The van der Waals surface area contributed by atoms with Gasteiger partial charge in [0.15, 0.2) is 0 Å². The number of nitrogens with one attached hydrogen (secondary N) is 2. The van der Waals surface area contributed by atoms with Crippen LogP contribution in [-0.4, -0.2) is 5.50 Å². The van der Waals surface area contributed by atoms with Gasteiger partial charge >= 0.3 is 0 Å². The third kappa shape index (κ3) is 1.26. The molecular formula is C7H7ClN2S. The molecule has 1 aromatic rings. The summed E-state index contributed by atoms with van der Waals surface area (Å²) in [5.74, 6) is 0. The Balaban J connectivity index is 2.43. The number of hydrogen-bond acceptors (Lipinski definition) is 3. The second-order valence-electron chi connectivity index (χ2n) is 2.38. The summed E-state index contributed by atoms with van der Waals surface area (Å²) in [5.41, 5.74) is 2.07. The molecular weight excluding hydrogens is 180 g/mol. The zero-order chi connectivity index (χ0) is 7.84. The first kappa shape index (κ1) is 7.13. The first-order chi connectivity index (χ1) is 5.25. The zero-order valence-corrected chi connectivity index (χ0v) is 7.28. The highest BCUT2D eigenvalue weighted by molar-refractivity contribution is 7.81. The van der Waals surface area contributed by atoms with Crippen molar-refractivity contribution in [3.8, 4) is 0 Å². The maximum atomic E-state index is 5.78. The summed E-state index contributed by atoms with van der Waals surface area (Å²) in [6.07, 6.45) is 0. The molecule has 0 fully saturated rings. The lowest BCUT2D eigenvalue weighted by atomic mass is 10.3. The molecule has 0 radical (unpaired) electrons. The molecule has 0 amide bonds. The standard InChI is InChI=1S/C7H7ClN2S/c8-4-1-2-5-6(3-4)10-7(11)9-5/h1-3,7,9-11H. The van der Waals surface area contributed by atoms with E-state index in [0.717, 1.165) is 16.4 Å². The van der Waals surface area contributed by atoms with Crippen molar-refractivity contribution in [3.05, 3.63) is 23.2 Å². The van der Waals surface area contributed by atoms with E-state index in [0.29, 0.717) is 0 Å². The van der Waals surface area contributed by atoms with Crippen molar-refractivity contribution < 1.29 is 0 Å². The zero-order valence-electron chi connectivity index (χ0n) is 5.63. The number of benzene rings is 1. The van der Waals surface area contributed by atoms with Crippen LogP contribution in [0.5, 0.6) is 0 Å². The van der Waals surface area contributed by atoms with E-state index in [1.807, 2.05) is 18.2 Å². The van der Waals surface area contributed by atoms with E-state index >= 15 is 0 Å². The Morgan fingerprint density at radius 2 is 2.00 bits per heavy atom. The highest BCUT2D eigenvalue weighted by Gasteiger charge is 2.14. The van der Waals surface area contributed by atoms with Crippen LogP contribution in [0.15, 0.2) is 18.2 Å². The van der Waals surface area contributed by atoms with E-state index in [1.54, 1.807) is 0 Å². The topological polar surface area (TPSA) is 24.1 Å². The molecule has 1 unspecified atom stereocenters. The van der Waals surface area contributed by atoms with E-state index in [4.69, 9.17) is 11.6 Å². The first-order valence-electron chi connectivity index (χ1n) is 3.26. The Morgan fingerprint density at radius 3 is 2.82 bits per heavy atom. The van der Waals surface area contributed by atoms with Gasteiger partial charge in [-0.3, -0.25) is 0 Å². The molecule has 0 aromatic heterocycles. The second kappa shape index (κ2) is 2.50. The predicted octanol–water partition coefficient (Wildman–Crippen LogP) is 2.39. The van der Waals surface area contributed by atoms with Gasteiger partial charge in [-0.25, -0.2) is 0 Å². The number of hydrogen-bond donors (Lipinski definition) is 3. The van der Waals surface area contributed by atoms with Gasteiger partial charge in [-0.1, -0.05) is 11.6 Å². The molecule has 0 bridgehead atoms. The Bertz CT molecular complexity index is 290. The Morgan fingerprint density at radius 1 is 1.27 bits per heavy atom. The average molecular weight is 187 g/mol. The molecule has 1 aromatic carbocycles. The number of halogens is 1. The highest BCUT2D eigenvalue weighted by Crippen LogP contribution is 2.31. The Labute approximate surface area is 75.3 Å². The van der Waals surface area contributed by atoms with Crippen LogP contribution in [0.2, 0.25) is 5.02 Å². The van der Waals surface area contributed by atoms with Crippen LogP contribution in [-0.2, 0) is 0 Å². The monoisotopic (exact) mass is 186 g/mol. The molecule has 58 valence electrons. The molecule has 1 aliphatic heterocycles. The third-order valence-corrected chi connectivity index (χ3v) is 2.06. The van der Waals surface area contributed by atoms with Crippen LogP contribution < -0.4 is 10.6 Å². The number of rotatable bonds is 0. The minimum Gasteiger partial charge on any atom is -0.355 e. The molecule has 0 saturated heterocycles. The summed E-state index contributed by atoms with van der Waals surface area (Å²) >= 11 is 9.98. The van der Waals surface area contributed by atoms with Gasteiger partial charge in [0.25, 0.3) is 0 Å². The molecule has 1 atom stereocenters. The number of thiol groups is 1. The van der Waals surface area contributed by atoms with Crippen molar-refractivity contribution >= 4 is 35.6 Å². The van der Waals surface area contributed by atoms with Gasteiger partial charge in [-0.2, -0.15) is 0 Å². The van der Waals surface area contributed by atoms with Crippen molar-refractivity contribution in [2.24, 2.45) is 0 Å². The summed E-state index contributed by atoms with van der Waals surface area (Å²) in [5, 5.41) is 6.96. The maximum absolute atomic E-state index is 5.78. The molecule has 0 aliphatic carbocycles. The van der Waals surface area contributed by atoms with Crippen molar-refractivity contribution in [3.63, 3.8) is 0 Å². The lowest BCUT2D eigenvalue weighted by Gasteiger charge is -2.00. The fourth-order valence-corrected chi connectivity index (χ4v) is 1.54. The van der Waals surface area contributed by atoms with Gasteiger partial charge in [-0.05, 0) is 18.2 Å². The molecule has 0 spiro atoms. The Kier molecular flexibility index (Phi) is 1.62. The fourth-order valence-electron chi connectivity index (χ4n) is 1.09. The van der Waals surface area contributed by atoms with Gasteiger partial charge in [0.1, 0.15) is 5.50 Å². The van der Waals surface area contributed by atoms with Gasteiger partial charge in [0.2, 0.25) is 0 Å². The molecule has 2 rings (SSSR count). The summed E-state index contributed by atoms with van der Waals surface area (Å²) in [6.45, 7) is 0. The van der Waals surface area contributed by atoms with Crippen LogP contribution in [0, 0.1) is 0 Å². The molecule has 0 saturated carbocycles. The van der Waals surface area contributed by atoms with Crippen molar-refractivity contribution in [2.75, 3.05) is 10.6 Å². The molecule has 2 nitrogen and oxygen atoms in total. The smallest absolute Gasteiger partial charge is 0.143 e. The van der Waals surface area contributed by atoms with Crippen molar-refractivity contribution in [1.82, 2.24) is 0 Å². The minimum absolute atomic E-state index is 0.00321. The van der Waals surface area contributed by atoms with E-state index < -0.39 is 0 Å². The van der Waals surface area contributed by atoms with Gasteiger partial charge in [0.05, 0.1) is 11.4 Å².